The zero-order chi connectivity index (χ0) is 9.61. The van der Waals surface area contributed by atoms with E-state index in [9.17, 15) is 0 Å². The Hall–Kier alpha value is 0.250. The molecule has 1 aromatic carbocycles. The molecule has 2 N–H and O–H groups in total. The van der Waals surface area contributed by atoms with E-state index in [1.807, 2.05) is 30.3 Å². The van der Waals surface area contributed by atoms with Crippen LogP contribution in [0.1, 0.15) is 0 Å². The molecule has 1 rings (SSSR count). The van der Waals surface area contributed by atoms with Gasteiger partial charge < -0.3 is 0 Å². The summed E-state index contributed by atoms with van der Waals surface area (Å²) in [7, 11) is -3.83. The molecule has 12 heavy (non-hydrogen) atoms. The summed E-state index contributed by atoms with van der Waals surface area (Å²) in [6.45, 7) is 0. The van der Waals surface area contributed by atoms with Crippen molar-refractivity contribution in [1.29, 1.82) is 0 Å². The van der Waals surface area contributed by atoms with Crippen LogP contribution in [-0.2, 0) is 41.3 Å². The zero-order valence-electron chi connectivity index (χ0n) is 5.81. The number of rotatable bonds is 0. The third kappa shape index (κ3) is 12.9. The molecule has 0 saturated heterocycles. The molecule has 0 heterocycles. The molecular weight excluding hydrogens is 292 g/mol. The van der Waals surface area contributed by atoms with Crippen LogP contribution in [0.4, 0.5) is 0 Å². The van der Waals surface area contributed by atoms with Crippen molar-refractivity contribution in [1.82, 2.24) is 0 Å². The summed E-state index contributed by atoms with van der Waals surface area (Å²) >= 11 is 6.79. The number of benzene rings is 1. The molecule has 1 aromatic rings. The fourth-order valence-electron chi connectivity index (χ4n) is 0.400. The Morgan fingerprint density at radius 3 is 1.75 bits per heavy atom. The minimum atomic E-state index is -3.83. The summed E-state index contributed by atoms with van der Waals surface area (Å²) in [4.78, 5) is 0. The molecule has 0 unspecified atom stereocenters. The molecule has 0 radical (unpaired) electrons. The van der Waals surface area contributed by atoms with Gasteiger partial charge in [0.1, 0.15) is 0 Å². The Labute approximate surface area is 88.4 Å². The summed E-state index contributed by atoms with van der Waals surface area (Å²) in [6.07, 6.45) is 0. The van der Waals surface area contributed by atoms with Gasteiger partial charge in [-0.3, -0.25) is 9.11 Å². The quantitative estimate of drug-likeness (QED) is 0.687. The first-order valence-corrected chi connectivity index (χ1v) is 5.90. The third-order valence-corrected chi connectivity index (χ3v) is 1.20. The third-order valence-electron chi connectivity index (χ3n) is 0.708. The van der Waals surface area contributed by atoms with Crippen molar-refractivity contribution >= 4 is 24.0 Å². The van der Waals surface area contributed by atoms with Crippen molar-refractivity contribution in [3.8, 4) is 0 Å². The van der Waals surface area contributed by atoms with Crippen molar-refractivity contribution in [2.24, 2.45) is 0 Å². The minimum absolute atomic E-state index is 1.13. The van der Waals surface area contributed by atoms with E-state index in [1.165, 1.54) is 0 Å². The van der Waals surface area contributed by atoms with E-state index in [-0.39, 0.29) is 0 Å². The van der Waals surface area contributed by atoms with Crippen LogP contribution in [0.2, 0.25) is 0 Å². The molecule has 0 aliphatic carbocycles. The molecule has 0 saturated carbocycles. The average molecular weight is 299 g/mol. The molecule has 0 aliphatic heterocycles. The average Bonchev–Trinajstić information content (AvgIpc) is 1.85. The van der Waals surface area contributed by atoms with E-state index in [0.717, 1.165) is 3.78 Å². The van der Waals surface area contributed by atoms with Crippen molar-refractivity contribution < 1.29 is 34.4 Å². The van der Waals surface area contributed by atoms with Gasteiger partial charge in [-0.25, -0.2) is 0 Å². The summed E-state index contributed by atoms with van der Waals surface area (Å²) in [5, 5.41) is 0. The first-order chi connectivity index (χ1) is 5.39. The van der Waals surface area contributed by atoms with Crippen LogP contribution in [0.25, 0.3) is 0 Å². The van der Waals surface area contributed by atoms with E-state index in [1.54, 1.807) is 0 Å². The van der Waals surface area contributed by atoms with E-state index in [4.69, 9.17) is 13.3 Å². The molecule has 0 atom stereocenters. The van der Waals surface area contributed by atoms with Gasteiger partial charge in [-0.2, -0.15) is 4.21 Å². The Balaban J connectivity index is 0.000000217. The van der Waals surface area contributed by atoms with Crippen molar-refractivity contribution in [2.45, 2.75) is 0 Å². The van der Waals surface area contributed by atoms with Crippen LogP contribution in [0, 0.1) is 0 Å². The van der Waals surface area contributed by atoms with Gasteiger partial charge in [0, 0.05) is 11.2 Å². The Kier molecular flexibility index (Phi) is 5.94. The molecule has 0 spiro atoms. The predicted octanol–water partition coefficient (Wildman–Crippen LogP) is 0.537. The topological polar surface area (TPSA) is 57.5 Å². The van der Waals surface area contributed by atoms with Crippen molar-refractivity contribution in [3.05, 3.63) is 30.3 Å². The van der Waals surface area contributed by atoms with Gasteiger partial charge in [-0.05, 0) is 0 Å². The second-order valence-electron chi connectivity index (χ2n) is 1.70. The predicted molar refractivity (Wildman–Crippen MR) is 46.8 cm³/mol. The van der Waals surface area contributed by atoms with Crippen LogP contribution >= 0.6 is 0 Å². The maximum absolute atomic E-state index is 9.11. The Morgan fingerprint density at radius 2 is 1.58 bits per heavy atom. The van der Waals surface area contributed by atoms with E-state index in [0.29, 0.717) is 0 Å². The first kappa shape index (κ1) is 12.3. The van der Waals surface area contributed by atoms with Gasteiger partial charge >= 0.3 is 55.2 Å². The van der Waals surface area contributed by atoms with Gasteiger partial charge in [0.2, 0.25) is 0 Å². The molecule has 0 fully saturated rings. The summed E-state index contributed by atoms with van der Waals surface area (Å²) in [6, 6.07) is 9.97. The second kappa shape index (κ2) is 5.82. The van der Waals surface area contributed by atoms with Crippen molar-refractivity contribution in [2.75, 3.05) is 0 Å². The van der Waals surface area contributed by atoms with Crippen LogP contribution in [0.3, 0.4) is 0 Å². The van der Waals surface area contributed by atoms with Crippen molar-refractivity contribution in [3.63, 3.8) is 0 Å². The molecule has 72 valence electrons. The Bertz CT molecular complexity index is 301. The molecule has 0 amide bonds. The monoisotopic (exact) mass is 298 g/mol. The molecule has 0 aliphatic rings. The molecule has 6 heteroatoms. The van der Waals surface area contributed by atoms with Crippen LogP contribution in [0.5, 0.6) is 0 Å². The van der Waals surface area contributed by atoms with Gasteiger partial charge in [-0.1, -0.05) is 0 Å². The van der Waals surface area contributed by atoms with Crippen LogP contribution in [0.15, 0.2) is 30.3 Å². The van der Waals surface area contributed by atoms with Gasteiger partial charge in [0.15, 0.2) is 0 Å². The van der Waals surface area contributed by atoms with E-state index in [2.05, 4.69) is 32.3 Å². The number of hydrogen-bond acceptors (Lipinski definition) is 2. The summed E-state index contributed by atoms with van der Waals surface area (Å²) < 4.78 is 25.1. The second-order valence-corrected chi connectivity index (χ2v) is 4.75. The fraction of sp³-hybridized carbons (Fsp3) is 0. The Morgan fingerprint density at radius 1 is 1.25 bits per heavy atom. The van der Waals surface area contributed by atoms with Gasteiger partial charge in [0.05, 0.1) is 0 Å². The molecule has 0 aromatic heterocycles. The molecule has 3 nitrogen and oxygen atoms in total. The van der Waals surface area contributed by atoms with Crippen LogP contribution in [-0.4, -0.2) is 13.3 Å². The van der Waals surface area contributed by atoms with Crippen LogP contribution < -0.4 is 3.78 Å². The summed E-state index contributed by atoms with van der Waals surface area (Å²) in [5.74, 6) is 0. The summed E-state index contributed by atoms with van der Waals surface area (Å²) in [5.41, 5.74) is 0. The maximum atomic E-state index is 9.11. The molecular formula is C6H7AgO3S2. The SMILES string of the molecule is O=S(O)(O)=S.[Ag][c]1ccccc1. The fourth-order valence-corrected chi connectivity index (χ4v) is 0.685. The normalized spacial score (nSPS) is 10.0. The standard InChI is InChI=1S/C6H5.Ag.H2O3S2/c1-2-4-6-5-3-1;;1-5(2,3)4/h1-5H;;(H2,1,2,3,4). The van der Waals surface area contributed by atoms with Gasteiger partial charge in [0.25, 0.3) is 9.05 Å². The van der Waals surface area contributed by atoms with Gasteiger partial charge in [-0.15, -0.1) is 0 Å². The molecule has 0 bridgehead atoms. The zero-order valence-corrected chi connectivity index (χ0v) is 8.92. The van der Waals surface area contributed by atoms with E-state index >= 15 is 0 Å². The first-order valence-electron chi connectivity index (χ1n) is 2.76. The number of hydrogen-bond donors (Lipinski definition) is 2. The van der Waals surface area contributed by atoms with E-state index < -0.39 is 9.05 Å².